The van der Waals surface area contributed by atoms with Gasteiger partial charge in [0.1, 0.15) is 5.76 Å². The molecule has 0 saturated carbocycles. The van der Waals surface area contributed by atoms with E-state index in [2.05, 4.69) is 10.3 Å². The first-order valence-electron chi connectivity index (χ1n) is 7.28. The zero-order valence-corrected chi connectivity index (χ0v) is 12.6. The van der Waals surface area contributed by atoms with Gasteiger partial charge in [-0.15, -0.1) is 11.3 Å². The van der Waals surface area contributed by atoms with E-state index in [1.54, 1.807) is 29.7 Å². The summed E-state index contributed by atoms with van der Waals surface area (Å²) in [5.41, 5.74) is 1.28. The monoisotopic (exact) mass is 302 g/mol. The van der Waals surface area contributed by atoms with Crippen LogP contribution >= 0.6 is 11.3 Å². The molecule has 1 aliphatic carbocycles. The quantitative estimate of drug-likeness (QED) is 0.864. The van der Waals surface area contributed by atoms with Crippen molar-refractivity contribution in [3.63, 3.8) is 0 Å². The highest BCUT2D eigenvalue weighted by molar-refractivity contribution is 7.11. The van der Waals surface area contributed by atoms with E-state index in [0.29, 0.717) is 12.3 Å². The van der Waals surface area contributed by atoms with Crippen LogP contribution in [0.25, 0.3) is 6.08 Å². The molecule has 2 aromatic rings. The maximum absolute atomic E-state index is 11.7. The van der Waals surface area contributed by atoms with Gasteiger partial charge in [0.25, 0.3) is 0 Å². The van der Waals surface area contributed by atoms with Gasteiger partial charge in [0, 0.05) is 23.9 Å². The molecule has 0 aromatic carbocycles. The zero-order chi connectivity index (χ0) is 14.5. The number of hydrogen-bond acceptors (Lipinski definition) is 4. The molecule has 5 heteroatoms. The molecule has 1 amide bonds. The Bertz CT molecular complexity index is 605. The second-order valence-electron chi connectivity index (χ2n) is 5.07. The van der Waals surface area contributed by atoms with Crippen LogP contribution in [0.5, 0.6) is 0 Å². The van der Waals surface area contributed by atoms with Crippen molar-refractivity contribution in [2.24, 2.45) is 0 Å². The highest BCUT2D eigenvalue weighted by atomic mass is 32.1. The number of amides is 1. The average Bonchev–Trinajstić information content (AvgIpc) is 3.14. The van der Waals surface area contributed by atoms with E-state index in [4.69, 9.17) is 4.42 Å². The normalized spacial score (nSPS) is 14.3. The Balaban J connectivity index is 1.45. The van der Waals surface area contributed by atoms with Crippen LogP contribution in [0.2, 0.25) is 0 Å². The molecule has 4 nitrogen and oxygen atoms in total. The van der Waals surface area contributed by atoms with Crippen molar-refractivity contribution < 1.29 is 9.21 Å². The van der Waals surface area contributed by atoms with Gasteiger partial charge in [-0.1, -0.05) is 0 Å². The topological polar surface area (TPSA) is 55.1 Å². The first-order chi connectivity index (χ1) is 10.3. The third-order valence-corrected chi connectivity index (χ3v) is 4.69. The van der Waals surface area contributed by atoms with Crippen LogP contribution < -0.4 is 5.32 Å². The summed E-state index contributed by atoms with van der Waals surface area (Å²) in [5.74, 6) is 0.575. The number of carbonyl (C=O) groups is 1. The Hall–Kier alpha value is -1.88. The highest BCUT2D eigenvalue weighted by Gasteiger charge is 2.14. The number of hydrogen-bond donors (Lipinski definition) is 1. The van der Waals surface area contributed by atoms with Crippen LogP contribution in [0.3, 0.4) is 0 Å². The maximum atomic E-state index is 11.7. The van der Waals surface area contributed by atoms with Gasteiger partial charge < -0.3 is 9.73 Å². The number of rotatable bonds is 5. The van der Waals surface area contributed by atoms with E-state index >= 15 is 0 Å². The summed E-state index contributed by atoms with van der Waals surface area (Å²) in [7, 11) is 0. The second-order valence-corrected chi connectivity index (χ2v) is 6.24. The molecule has 0 spiro atoms. The fraction of sp³-hybridized carbons (Fsp3) is 0.375. The van der Waals surface area contributed by atoms with E-state index < -0.39 is 0 Å². The summed E-state index contributed by atoms with van der Waals surface area (Å²) in [6.45, 7) is 0.619. The fourth-order valence-corrected chi connectivity index (χ4v) is 3.56. The number of nitrogens with one attached hydrogen (secondary N) is 1. The minimum absolute atomic E-state index is 0.104. The van der Waals surface area contributed by atoms with Crippen LogP contribution in [0.15, 0.2) is 28.9 Å². The molecule has 0 radical (unpaired) electrons. The van der Waals surface area contributed by atoms with Crippen molar-refractivity contribution in [3.05, 3.63) is 45.8 Å². The lowest BCUT2D eigenvalue weighted by atomic mass is 10.0. The third-order valence-electron chi connectivity index (χ3n) is 3.47. The van der Waals surface area contributed by atoms with E-state index in [-0.39, 0.29) is 5.91 Å². The second kappa shape index (κ2) is 6.72. The Morgan fingerprint density at radius 2 is 2.33 bits per heavy atom. The van der Waals surface area contributed by atoms with Crippen molar-refractivity contribution in [3.8, 4) is 0 Å². The number of aryl methyl sites for hydroxylation is 2. The molecule has 0 fully saturated rings. The van der Waals surface area contributed by atoms with Crippen molar-refractivity contribution >= 4 is 23.3 Å². The number of carbonyl (C=O) groups excluding carboxylic acids is 1. The predicted molar refractivity (Wildman–Crippen MR) is 83.2 cm³/mol. The van der Waals surface area contributed by atoms with Crippen molar-refractivity contribution in [1.29, 1.82) is 0 Å². The molecule has 110 valence electrons. The lowest BCUT2D eigenvalue weighted by Gasteiger charge is -2.06. The first-order valence-corrected chi connectivity index (χ1v) is 8.10. The molecule has 0 bridgehead atoms. The molecule has 0 unspecified atom stereocenters. The van der Waals surface area contributed by atoms with Gasteiger partial charge in [-0.25, -0.2) is 4.98 Å². The van der Waals surface area contributed by atoms with Gasteiger partial charge in [-0.3, -0.25) is 4.79 Å². The summed E-state index contributed by atoms with van der Waals surface area (Å²) in [5, 5.41) is 4.01. The van der Waals surface area contributed by atoms with Crippen LogP contribution in [0.1, 0.15) is 34.2 Å². The van der Waals surface area contributed by atoms with E-state index in [9.17, 15) is 4.79 Å². The average molecular weight is 302 g/mol. The van der Waals surface area contributed by atoms with Crippen LogP contribution in [0.4, 0.5) is 0 Å². The van der Waals surface area contributed by atoms with Gasteiger partial charge in [-0.2, -0.15) is 0 Å². The largest absolute Gasteiger partial charge is 0.465 e. The predicted octanol–water partition coefficient (Wildman–Crippen LogP) is 2.99. The van der Waals surface area contributed by atoms with Crippen LogP contribution in [-0.4, -0.2) is 17.4 Å². The molecule has 2 aromatic heterocycles. The third kappa shape index (κ3) is 3.82. The highest BCUT2D eigenvalue weighted by Crippen LogP contribution is 2.26. The Kier molecular flexibility index (Phi) is 4.50. The summed E-state index contributed by atoms with van der Waals surface area (Å²) < 4.78 is 5.13. The molecular formula is C16H18N2O2S. The van der Waals surface area contributed by atoms with Crippen molar-refractivity contribution in [1.82, 2.24) is 10.3 Å². The number of furan rings is 1. The standard InChI is InChI=1S/C16H18N2O2S/c19-15(8-7-12-4-3-11-20-12)17-10-9-16-18-13-5-1-2-6-14(13)21-16/h3-4,7-8,11H,1-2,5-6,9-10H2,(H,17,19). The SMILES string of the molecule is O=C(C=Cc1ccco1)NCCc1nc2c(s1)CCCC2. The lowest BCUT2D eigenvalue weighted by Crippen LogP contribution is -2.23. The first kappa shape index (κ1) is 14.1. The summed E-state index contributed by atoms with van der Waals surface area (Å²) in [6, 6.07) is 3.60. The number of fused-ring (bicyclic) bond motifs is 1. The fourth-order valence-electron chi connectivity index (χ4n) is 2.41. The van der Waals surface area contributed by atoms with Crippen LogP contribution in [0, 0.1) is 0 Å². The van der Waals surface area contributed by atoms with Gasteiger partial charge in [0.05, 0.1) is 17.0 Å². The minimum Gasteiger partial charge on any atom is -0.465 e. The van der Waals surface area contributed by atoms with Crippen molar-refractivity contribution in [2.75, 3.05) is 6.54 Å². The summed E-state index contributed by atoms with van der Waals surface area (Å²) in [6.07, 6.45) is 10.4. The molecule has 0 atom stereocenters. The van der Waals surface area contributed by atoms with E-state index in [1.807, 2.05) is 6.07 Å². The van der Waals surface area contributed by atoms with Gasteiger partial charge in [0.15, 0.2) is 0 Å². The molecule has 1 N–H and O–H groups in total. The van der Waals surface area contributed by atoms with E-state index in [1.165, 1.54) is 35.9 Å². The lowest BCUT2D eigenvalue weighted by molar-refractivity contribution is -0.116. The smallest absolute Gasteiger partial charge is 0.244 e. The summed E-state index contributed by atoms with van der Waals surface area (Å²) in [4.78, 5) is 17.8. The van der Waals surface area contributed by atoms with Crippen LogP contribution in [-0.2, 0) is 24.1 Å². The summed E-state index contributed by atoms with van der Waals surface area (Å²) >= 11 is 1.80. The number of nitrogens with zero attached hydrogens (tertiary/aromatic N) is 1. The number of thiazole rings is 1. The molecule has 21 heavy (non-hydrogen) atoms. The van der Waals surface area contributed by atoms with Gasteiger partial charge >= 0.3 is 0 Å². The maximum Gasteiger partial charge on any atom is 0.244 e. The molecular weight excluding hydrogens is 284 g/mol. The van der Waals surface area contributed by atoms with Gasteiger partial charge in [0.2, 0.25) is 5.91 Å². The zero-order valence-electron chi connectivity index (χ0n) is 11.8. The Labute approximate surface area is 127 Å². The minimum atomic E-state index is -0.104. The Morgan fingerprint density at radius 3 is 3.14 bits per heavy atom. The van der Waals surface area contributed by atoms with Gasteiger partial charge in [-0.05, 0) is 43.9 Å². The molecule has 0 saturated heterocycles. The molecule has 1 aliphatic rings. The molecule has 3 rings (SSSR count). The molecule has 0 aliphatic heterocycles. The van der Waals surface area contributed by atoms with E-state index in [0.717, 1.165) is 17.8 Å². The Morgan fingerprint density at radius 1 is 1.43 bits per heavy atom. The van der Waals surface area contributed by atoms with Crippen molar-refractivity contribution in [2.45, 2.75) is 32.1 Å². The number of aromatic nitrogens is 1. The molecule has 2 heterocycles.